The van der Waals surface area contributed by atoms with Crippen molar-refractivity contribution in [2.75, 3.05) is 40.8 Å². The molecule has 12 nitrogen and oxygen atoms in total. The second kappa shape index (κ2) is 39.8. The molecule has 0 saturated heterocycles. The molecule has 3 aromatic carbocycles. The number of hydrogen-bond donors (Lipinski definition) is 2. The first-order valence-corrected chi connectivity index (χ1v) is 11.1. The van der Waals surface area contributed by atoms with Gasteiger partial charge in [-0.1, -0.05) is 36.6 Å². The molecule has 0 aromatic heterocycles. The molecule has 3 aromatic rings. The van der Waals surface area contributed by atoms with Crippen molar-refractivity contribution in [1.29, 1.82) is 0 Å². The number of anilines is 1. The Hall–Kier alpha value is -2.19. The third-order valence-corrected chi connectivity index (χ3v) is 3.62. The van der Waals surface area contributed by atoms with Gasteiger partial charge < -0.3 is 36.7 Å². The zero-order valence-corrected chi connectivity index (χ0v) is 28.6. The summed E-state index contributed by atoms with van der Waals surface area (Å²) in [5.41, 5.74) is 6.34. The number of ether oxygens (including phenoxy) is 4. The van der Waals surface area contributed by atoms with Crippen LogP contribution in [0.1, 0.15) is 0 Å². The maximum absolute atomic E-state index is 9.99. The van der Waals surface area contributed by atoms with Gasteiger partial charge in [0.2, 0.25) is 0 Å². The number of non-ortho nitro benzene ring substituents is 2. The van der Waals surface area contributed by atoms with Crippen LogP contribution in [-0.4, -0.2) is 62.6 Å². The van der Waals surface area contributed by atoms with E-state index in [0.29, 0.717) is 0 Å². The molecule has 0 spiro atoms. The molecule has 3 rings (SSSR count). The molecule has 0 amide bonds. The van der Waals surface area contributed by atoms with Crippen LogP contribution in [0.3, 0.4) is 0 Å². The SMILES string of the molecule is Nc1cc[c-]cc1.O=[N+]([O-])c1cc[c-]cc1.O=[N+]([O-])c1cc[c-]cc1.[CH2-]C(OC)OC.[CH2-]C(OC)OC.[CH2-]CO.[V+2].[V+2].[V+2]. The summed E-state index contributed by atoms with van der Waals surface area (Å²) in [5, 5.41) is 27.4. The maximum Gasteiger partial charge on any atom is 2.00 e. The van der Waals surface area contributed by atoms with Crippen LogP contribution in [0.25, 0.3) is 0 Å². The van der Waals surface area contributed by atoms with Crippen LogP contribution in [0.2, 0.25) is 0 Å². The minimum Gasteiger partial charge on any atom is -0.428 e. The second-order valence-corrected chi connectivity index (χ2v) is 6.39. The molecule has 233 valence electrons. The van der Waals surface area contributed by atoms with Crippen molar-refractivity contribution in [1.82, 2.24) is 0 Å². The zero-order chi connectivity index (χ0) is 31.2. The molecule has 3 N–H and O–H groups in total. The van der Waals surface area contributed by atoms with E-state index in [0.717, 1.165) is 5.69 Å². The quantitative estimate of drug-likeness (QED) is 0.122. The summed E-state index contributed by atoms with van der Waals surface area (Å²) in [4.78, 5) is 19.1. The Morgan fingerprint density at radius 2 is 0.907 bits per heavy atom. The summed E-state index contributed by atoms with van der Waals surface area (Å²) >= 11 is 0. The number of rotatable bonds is 6. The number of nitro groups is 2. The number of nitrogens with zero attached hydrogens (tertiary/aromatic N) is 2. The van der Waals surface area contributed by atoms with Crippen molar-refractivity contribution in [3.63, 3.8) is 0 Å². The molecule has 0 saturated carbocycles. The first kappa shape index (κ1) is 53.4. The van der Waals surface area contributed by atoms with Crippen LogP contribution in [0, 0.1) is 59.2 Å². The summed E-state index contributed by atoms with van der Waals surface area (Å²) in [6.07, 6.45) is -0.630. The summed E-state index contributed by atoms with van der Waals surface area (Å²) in [5.74, 6) is 0. The van der Waals surface area contributed by atoms with E-state index >= 15 is 0 Å². The smallest absolute Gasteiger partial charge is 0.428 e. The van der Waals surface area contributed by atoms with Crippen molar-refractivity contribution in [2.45, 2.75) is 12.6 Å². The Kier molecular flexibility index (Phi) is 49.4. The van der Waals surface area contributed by atoms with Crippen LogP contribution >= 0.6 is 0 Å². The molecule has 0 fully saturated rings. The van der Waals surface area contributed by atoms with Gasteiger partial charge in [0.15, 0.2) is 11.4 Å². The van der Waals surface area contributed by atoms with Crippen molar-refractivity contribution >= 4 is 17.1 Å². The first-order chi connectivity index (χ1) is 19.0. The van der Waals surface area contributed by atoms with E-state index in [-0.39, 0.29) is 86.2 Å². The number of aliphatic hydroxyl groups is 1. The predicted molar refractivity (Wildman–Crippen MR) is 152 cm³/mol. The molecule has 0 aliphatic rings. The molecule has 0 aliphatic carbocycles. The summed E-state index contributed by atoms with van der Waals surface area (Å²) in [6.45, 7) is 9.90. The average Bonchev–Trinajstić information content (AvgIpc) is 2.99. The third-order valence-electron chi connectivity index (χ3n) is 3.62. The van der Waals surface area contributed by atoms with Gasteiger partial charge in [0.25, 0.3) is 0 Å². The van der Waals surface area contributed by atoms with Gasteiger partial charge in [-0.05, 0) is 0 Å². The number of benzene rings is 3. The van der Waals surface area contributed by atoms with Gasteiger partial charge in [-0.3, -0.25) is 34.1 Å². The fourth-order valence-corrected chi connectivity index (χ4v) is 1.59. The molecule has 0 bridgehead atoms. The number of nitrogen functional groups attached to an aromatic ring is 1. The summed E-state index contributed by atoms with van der Waals surface area (Å²) in [7, 11) is 6.17. The van der Waals surface area contributed by atoms with Gasteiger partial charge in [0.1, 0.15) is 0 Å². The van der Waals surface area contributed by atoms with Gasteiger partial charge >= 0.3 is 55.7 Å². The topological polar surface area (TPSA) is 169 Å². The largest absolute Gasteiger partial charge is 2.00 e. The fraction of sp³-hybridized carbons (Fsp3) is 0.250. The van der Waals surface area contributed by atoms with Crippen LogP contribution in [-0.2, 0) is 74.6 Å². The minimum absolute atomic E-state index is 0. The van der Waals surface area contributed by atoms with Crippen LogP contribution in [0.4, 0.5) is 17.1 Å². The van der Waals surface area contributed by atoms with Gasteiger partial charge in [-0.15, -0.1) is 12.1 Å². The van der Waals surface area contributed by atoms with Crippen molar-refractivity contribution in [3.05, 3.63) is 132 Å². The number of nitro benzene ring substituents is 2. The van der Waals surface area contributed by atoms with Crippen molar-refractivity contribution < 1.29 is 89.6 Å². The molecule has 43 heavy (non-hydrogen) atoms. The summed E-state index contributed by atoms with van der Waals surface area (Å²) < 4.78 is 18.3. The number of aliphatic hydroxyl groups excluding tert-OH is 1. The third kappa shape index (κ3) is 39.8. The van der Waals surface area contributed by atoms with Gasteiger partial charge in [0.05, 0.1) is 0 Å². The Labute approximate surface area is 290 Å². The Morgan fingerprint density at radius 3 is 1.00 bits per heavy atom. The van der Waals surface area contributed by atoms with Gasteiger partial charge in [-0.2, -0.15) is 54.6 Å². The van der Waals surface area contributed by atoms with E-state index in [1.807, 2.05) is 0 Å². The van der Waals surface area contributed by atoms with Crippen molar-refractivity contribution in [3.8, 4) is 0 Å². The minimum atomic E-state index is -0.437. The fourth-order valence-electron chi connectivity index (χ4n) is 1.59. The van der Waals surface area contributed by atoms with E-state index in [9.17, 15) is 20.2 Å². The van der Waals surface area contributed by atoms with Gasteiger partial charge in [-0.25, -0.2) is 0 Å². The van der Waals surface area contributed by atoms with E-state index in [1.54, 1.807) is 52.7 Å². The van der Waals surface area contributed by atoms with E-state index in [2.05, 4.69) is 57.9 Å². The van der Waals surface area contributed by atoms with Crippen molar-refractivity contribution in [2.24, 2.45) is 0 Å². The van der Waals surface area contributed by atoms with Crippen LogP contribution in [0.5, 0.6) is 0 Å². The van der Waals surface area contributed by atoms with Gasteiger partial charge in [0, 0.05) is 50.9 Å². The molecular formula is C28H37N3O9V3. The average molecular weight is 712 g/mol. The number of nitrogens with two attached hydrogens (primary N) is 1. The second-order valence-electron chi connectivity index (χ2n) is 6.39. The standard InChI is InChI=1S/2C6H4NO2.C6H6N.2C4H9O2.C2H5O.3V/c2*8-7(9)6-4-2-1-3-5-6;7-6-4-2-1-3-5-6;2*1-4(5-2)6-3;1-2-3;;;/h2*2-5H;2-5H,7H2;2*4H,1H2,2-3H3;3H,1-2H2;;;/q6*-1;3*+2. The number of methoxy groups -OCH3 is 4. The molecule has 15 heteroatoms. The first-order valence-electron chi connectivity index (χ1n) is 11.1. The zero-order valence-electron chi connectivity index (χ0n) is 24.4. The molecular weight excluding hydrogens is 675 g/mol. The normalized spacial score (nSPS) is 8.33. The van der Waals surface area contributed by atoms with E-state index in [1.165, 1.54) is 48.5 Å². The monoisotopic (exact) mass is 712 g/mol. The van der Waals surface area contributed by atoms with E-state index in [4.69, 9.17) is 10.8 Å². The Balaban J connectivity index is -0.0000000966. The van der Waals surface area contributed by atoms with Crippen LogP contribution in [0.15, 0.2) is 72.8 Å². The maximum atomic E-state index is 9.99. The Morgan fingerprint density at radius 1 is 0.698 bits per heavy atom. The number of hydrogen-bond acceptors (Lipinski definition) is 10. The summed E-state index contributed by atoms with van der Waals surface area (Å²) in [6, 6.07) is 27.1. The molecule has 3 radical (unpaired) electrons. The van der Waals surface area contributed by atoms with E-state index < -0.39 is 9.85 Å². The van der Waals surface area contributed by atoms with Crippen LogP contribution < -0.4 is 5.73 Å². The molecule has 0 aliphatic heterocycles. The predicted octanol–water partition coefficient (Wildman–Crippen LogP) is 4.54. The molecule has 0 heterocycles. The Bertz CT molecular complexity index is 899. The molecule has 0 atom stereocenters. The molecule has 0 unspecified atom stereocenters.